The summed E-state index contributed by atoms with van der Waals surface area (Å²) in [7, 11) is 3.14. The zero-order valence-corrected chi connectivity index (χ0v) is 21.3. The summed E-state index contributed by atoms with van der Waals surface area (Å²) in [5, 5.41) is -0.275. The summed E-state index contributed by atoms with van der Waals surface area (Å²) < 4.78 is -0.0580. The van der Waals surface area contributed by atoms with E-state index in [0.717, 1.165) is 6.42 Å². The topological polar surface area (TPSA) is 74.8 Å². The number of hydrogen-bond acceptors (Lipinski definition) is 7. The summed E-state index contributed by atoms with van der Waals surface area (Å²) in [5.41, 5.74) is 0.0239. The van der Waals surface area contributed by atoms with E-state index in [9.17, 15) is 19.2 Å². The lowest BCUT2D eigenvalue weighted by Crippen LogP contribution is -2.34. The van der Waals surface area contributed by atoms with Gasteiger partial charge in [-0.2, -0.15) is 0 Å². The Morgan fingerprint density at radius 1 is 0.800 bits per heavy atom. The minimum Gasteiger partial charge on any atom is -0.281 e. The molecule has 0 aromatic heterocycles. The lowest BCUT2D eigenvalue weighted by molar-refractivity contribution is -0.140. The molecule has 6 nitrogen and oxygen atoms in total. The molecule has 0 spiro atoms. The maximum atomic E-state index is 12.5. The fraction of sp³-hybridized carbons (Fsp3) is 0.810. The molecule has 0 radical (unpaired) electrons. The van der Waals surface area contributed by atoms with E-state index in [1.165, 1.54) is 9.80 Å². The molecule has 2 aliphatic rings. The molecule has 4 amide bonds. The van der Waals surface area contributed by atoms with Crippen LogP contribution in [-0.4, -0.2) is 68.0 Å². The van der Waals surface area contributed by atoms with E-state index < -0.39 is 0 Å². The molecule has 2 atom stereocenters. The number of carbonyl (C=O) groups excluding carboxylic acids is 4. The Morgan fingerprint density at radius 3 is 1.80 bits per heavy atom. The van der Waals surface area contributed by atoms with Gasteiger partial charge in [0.15, 0.2) is 0 Å². The van der Waals surface area contributed by atoms with E-state index in [1.54, 1.807) is 33.3 Å². The van der Waals surface area contributed by atoms with Crippen LogP contribution in [0.3, 0.4) is 0 Å². The van der Waals surface area contributed by atoms with Crippen molar-refractivity contribution in [1.29, 1.82) is 0 Å². The minimum absolute atomic E-state index is 0.0239. The maximum absolute atomic E-state index is 12.5. The average molecular weight is 475 g/mol. The van der Waals surface area contributed by atoms with Gasteiger partial charge in [0.1, 0.15) is 0 Å². The standard InChI is InChI=1S/C21H34N2O4S3/c1-20(2,3)13-14-11-16(24)22(18(14)26)7-9-28-29-10-8-23-17(25)12-15(19(23)27)30-21(4,5)6/h14-15H,7-13H2,1-6H3. The summed E-state index contributed by atoms with van der Waals surface area (Å²) in [6, 6.07) is 0. The molecule has 0 aromatic carbocycles. The largest absolute Gasteiger partial charge is 0.281 e. The molecule has 30 heavy (non-hydrogen) atoms. The predicted octanol–water partition coefficient (Wildman–Crippen LogP) is 3.84. The van der Waals surface area contributed by atoms with Crippen LogP contribution in [0.2, 0.25) is 0 Å². The fourth-order valence-electron chi connectivity index (χ4n) is 3.67. The van der Waals surface area contributed by atoms with E-state index in [2.05, 4.69) is 20.8 Å². The Kier molecular flexibility index (Phi) is 8.78. The molecule has 0 aliphatic carbocycles. The zero-order valence-electron chi connectivity index (χ0n) is 18.9. The maximum Gasteiger partial charge on any atom is 0.242 e. The quantitative estimate of drug-likeness (QED) is 0.285. The molecular weight excluding hydrogens is 440 g/mol. The van der Waals surface area contributed by atoms with E-state index in [-0.39, 0.29) is 51.4 Å². The number of imide groups is 2. The molecular formula is C21H34N2O4S3. The second-order valence-corrected chi connectivity index (χ2v) is 14.7. The number of rotatable bonds is 9. The molecule has 0 aromatic rings. The van der Waals surface area contributed by atoms with Gasteiger partial charge in [-0.25, -0.2) is 0 Å². The number of thioether (sulfide) groups is 1. The highest BCUT2D eigenvalue weighted by molar-refractivity contribution is 8.76. The van der Waals surface area contributed by atoms with Gasteiger partial charge in [0.2, 0.25) is 23.6 Å². The molecule has 2 heterocycles. The van der Waals surface area contributed by atoms with E-state index in [4.69, 9.17) is 0 Å². The first-order valence-electron chi connectivity index (χ1n) is 10.4. The zero-order chi connectivity index (χ0) is 22.7. The van der Waals surface area contributed by atoms with Gasteiger partial charge in [0.25, 0.3) is 0 Å². The van der Waals surface area contributed by atoms with E-state index >= 15 is 0 Å². The number of carbonyl (C=O) groups is 4. The molecule has 9 heteroatoms. The molecule has 2 saturated heterocycles. The molecule has 0 bridgehead atoms. The molecule has 2 rings (SSSR count). The van der Waals surface area contributed by atoms with E-state index in [1.807, 2.05) is 20.8 Å². The Morgan fingerprint density at radius 2 is 1.30 bits per heavy atom. The normalized spacial score (nSPS) is 23.3. The Labute approximate surface area is 192 Å². The highest BCUT2D eigenvalue weighted by Gasteiger charge is 2.41. The van der Waals surface area contributed by atoms with Crippen molar-refractivity contribution in [1.82, 2.24) is 9.80 Å². The van der Waals surface area contributed by atoms with Crippen LogP contribution in [0.15, 0.2) is 0 Å². The third-order valence-corrected chi connectivity index (χ3v) is 8.50. The predicted molar refractivity (Wildman–Crippen MR) is 126 cm³/mol. The lowest BCUT2D eigenvalue weighted by atomic mass is 9.84. The van der Waals surface area contributed by atoms with E-state index in [0.29, 0.717) is 31.0 Å². The molecule has 2 aliphatic heterocycles. The van der Waals surface area contributed by atoms with Crippen molar-refractivity contribution in [3.05, 3.63) is 0 Å². The SMILES string of the molecule is CC(C)(C)CC1CC(=O)N(CCSSCCN2C(=O)CC(SC(C)(C)C)C2=O)C1=O. The van der Waals surface area contributed by atoms with Crippen LogP contribution in [0.1, 0.15) is 60.8 Å². The Bertz CT molecular complexity index is 627. The number of hydrogen-bond donors (Lipinski definition) is 0. The van der Waals surface area contributed by atoms with Crippen molar-refractivity contribution in [2.75, 3.05) is 24.6 Å². The highest BCUT2D eigenvalue weighted by atomic mass is 33.1. The lowest BCUT2D eigenvalue weighted by Gasteiger charge is -2.22. The first kappa shape index (κ1) is 25.6. The number of amides is 4. The van der Waals surface area contributed by atoms with Crippen molar-refractivity contribution in [3.8, 4) is 0 Å². The van der Waals surface area contributed by atoms with Gasteiger partial charge >= 0.3 is 0 Å². The van der Waals surface area contributed by atoms with Crippen molar-refractivity contribution in [2.45, 2.75) is 70.8 Å². The van der Waals surface area contributed by atoms with Crippen LogP contribution < -0.4 is 0 Å². The summed E-state index contributed by atoms with van der Waals surface area (Å²) in [4.78, 5) is 52.1. The summed E-state index contributed by atoms with van der Waals surface area (Å²) >= 11 is 1.55. The third kappa shape index (κ3) is 7.48. The van der Waals surface area contributed by atoms with Gasteiger partial charge in [-0.15, -0.1) is 11.8 Å². The molecule has 0 N–H and O–H groups in total. The van der Waals surface area contributed by atoms with Crippen LogP contribution >= 0.6 is 33.3 Å². The number of likely N-dealkylation sites (tertiary alicyclic amines) is 2. The van der Waals surface area contributed by atoms with Crippen LogP contribution in [0.25, 0.3) is 0 Å². The summed E-state index contributed by atoms with van der Waals surface area (Å²) in [6.45, 7) is 13.2. The van der Waals surface area contributed by atoms with Crippen molar-refractivity contribution < 1.29 is 19.2 Å². The molecule has 0 saturated carbocycles. The van der Waals surface area contributed by atoms with Gasteiger partial charge in [-0.05, 0) is 11.8 Å². The van der Waals surface area contributed by atoms with Gasteiger partial charge in [0, 0.05) is 48.1 Å². The van der Waals surface area contributed by atoms with Crippen molar-refractivity contribution in [3.63, 3.8) is 0 Å². The van der Waals surface area contributed by atoms with Gasteiger partial charge in [-0.1, -0.05) is 63.1 Å². The van der Waals surface area contributed by atoms with Crippen molar-refractivity contribution in [2.24, 2.45) is 11.3 Å². The number of nitrogens with zero attached hydrogens (tertiary/aromatic N) is 2. The fourth-order valence-corrected chi connectivity index (χ4v) is 6.88. The first-order chi connectivity index (χ1) is 13.8. The van der Waals surface area contributed by atoms with Crippen LogP contribution in [-0.2, 0) is 19.2 Å². The minimum atomic E-state index is -0.275. The smallest absolute Gasteiger partial charge is 0.242 e. The monoisotopic (exact) mass is 474 g/mol. The molecule has 2 unspecified atom stereocenters. The molecule has 170 valence electrons. The summed E-state index contributed by atoms with van der Waals surface area (Å²) in [5.74, 6) is 0.806. The van der Waals surface area contributed by atoms with Crippen LogP contribution in [0.4, 0.5) is 0 Å². The Balaban J connectivity index is 1.68. The van der Waals surface area contributed by atoms with Crippen LogP contribution in [0.5, 0.6) is 0 Å². The van der Waals surface area contributed by atoms with Crippen molar-refractivity contribution >= 4 is 57.0 Å². The third-order valence-electron chi connectivity index (χ3n) is 4.77. The second-order valence-electron chi connectivity index (χ2n) is 10.0. The van der Waals surface area contributed by atoms with Gasteiger partial charge in [0.05, 0.1) is 5.25 Å². The second kappa shape index (κ2) is 10.3. The van der Waals surface area contributed by atoms with Gasteiger partial charge < -0.3 is 0 Å². The average Bonchev–Trinajstić information content (AvgIpc) is 2.98. The molecule has 2 fully saturated rings. The Hall–Kier alpha value is -0.670. The first-order valence-corrected chi connectivity index (χ1v) is 13.8. The van der Waals surface area contributed by atoms with Crippen LogP contribution in [0, 0.1) is 11.3 Å². The summed E-state index contributed by atoms with van der Waals surface area (Å²) in [6.07, 6.45) is 1.33. The highest BCUT2D eigenvalue weighted by Crippen LogP contribution is 2.35. The van der Waals surface area contributed by atoms with Gasteiger partial charge in [-0.3, -0.25) is 29.0 Å².